The summed E-state index contributed by atoms with van der Waals surface area (Å²) in [6.45, 7) is 6.13. The number of anilines is 1. The summed E-state index contributed by atoms with van der Waals surface area (Å²) in [7, 11) is 0. The minimum absolute atomic E-state index is 0.0255. The zero-order valence-corrected chi connectivity index (χ0v) is 16.8. The van der Waals surface area contributed by atoms with Crippen LogP contribution in [0.3, 0.4) is 0 Å². The molecule has 30 heavy (non-hydrogen) atoms. The van der Waals surface area contributed by atoms with Gasteiger partial charge in [0.1, 0.15) is 18.7 Å². The van der Waals surface area contributed by atoms with E-state index in [-0.39, 0.29) is 18.0 Å². The summed E-state index contributed by atoms with van der Waals surface area (Å²) >= 11 is 0. The number of rotatable bonds is 4. The number of piperidine rings is 1. The molecule has 2 unspecified atom stereocenters. The Labute approximate surface area is 172 Å². The summed E-state index contributed by atoms with van der Waals surface area (Å²) < 4.78 is 6.97. The van der Waals surface area contributed by atoms with Gasteiger partial charge in [0.05, 0.1) is 5.56 Å². The molecule has 0 aromatic carbocycles. The first kappa shape index (κ1) is 17.5. The van der Waals surface area contributed by atoms with Crippen molar-refractivity contribution >= 4 is 17.9 Å². The molecule has 1 aliphatic carbocycles. The Morgan fingerprint density at radius 2 is 2.03 bits per heavy atom. The van der Waals surface area contributed by atoms with Gasteiger partial charge in [-0.05, 0) is 30.4 Å². The maximum atomic E-state index is 12.7. The maximum Gasteiger partial charge on any atom is 0.259 e. The third kappa shape index (κ3) is 2.68. The first-order chi connectivity index (χ1) is 14.6. The molecule has 3 aromatic rings. The number of aromatic nitrogens is 5. The molecule has 1 saturated carbocycles. The van der Waals surface area contributed by atoms with E-state index < -0.39 is 0 Å². The van der Waals surface area contributed by atoms with Crippen LogP contribution in [0.5, 0.6) is 0 Å². The highest BCUT2D eigenvalue weighted by molar-refractivity contribution is 5.77. The molecule has 9 heteroatoms. The molecule has 0 amide bonds. The van der Waals surface area contributed by atoms with Crippen molar-refractivity contribution in [2.24, 2.45) is 16.8 Å². The number of aliphatic imine (C=N–C) groups is 1. The van der Waals surface area contributed by atoms with Crippen molar-refractivity contribution in [3.63, 3.8) is 0 Å². The number of fused-ring (bicyclic) bond motifs is 2. The number of hydrogen-bond acceptors (Lipinski definition) is 8. The average Bonchev–Trinajstić information content (AvgIpc) is 3.16. The van der Waals surface area contributed by atoms with Gasteiger partial charge in [0.25, 0.3) is 5.56 Å². The fourth-order valence-corrected chi connectivity index (χ4v) is 4.72. The van der Waals surface area contributed by atoms with Gasteiger partial charge in [0.15, 0.2) is 11.6 Å². The fourth-order valence-electron chi connectivity index (χ4n) is 4.72. The summed E-state index contributed by atoms with van der Waals surface area (Å²) in [4.78, 5) is 32.6. The summed E-state index contributed by atoms with van der Waals surface area (Å²) in [5, 5.41) is 4.20. The summed E-state index contributed by atoms with van der Waals surface area (Å²) in [5.74, 6) is 4.07. The van der Waals surface area contributed by atoms with Crippen molar-refractivity contribution in [2.75, 3.05) is 18.0 Å². The van der Waals surface area contributed by atoms with E-state index in [4.69, 9.17) is 4.52 Å². The number of nitrogens with zero attached hydrogens (tertiary/aromatic N) is 7. The van der Waals surface area contributed by atoms with Gasteiger partial charge in [-0.1, -0.05) is 18.1 Å². The molecule has 0 bridgehead atoms. The second kappa shape index (κ2) is 6.32. The molecule has 2 aliphatic heterocycles. The van der Waals surface area contributed by atoms with E-state index in [1.807, 2.05) is 20.0 Å². The van der Waals surface area contributed by atoms with E-state index in [0.717, 1.165) is 24.7 Å². The standard InChI is InChI=1S/C21H21N7O2/c1-11-3-4-15(22-5-11)27-7-13-14(8-27)18(13)20-25-16(30-26-20)9-28-10-24-19-17(21(28)29)12(2)6-23-19/h3-6,10,12-14,18H,7-9H2,1-2H3/t12?,13-,14+,18?. The molecular formula is C21H21N7O2. The minimum Gasteiger partial charge on any atom is -0.356 e. The van der Waals surface area contributed by atoms with Crippen LogP contribution >= 0.6 is 0 Å². The number of pyridine rings is 1. The third-order valence-corrected chi connectivity index (χ3v) is 6.43. The van der Waals surface area contributed by atoms with Gasteiger partial charge in [-0.2, -0.15) is 4.98 Å². The quantitative estimate of drug-likeness (QED) is 0.657. The maximum absolute atomic E-state index is 12.7. The Morgan fingerprint density at radius 3 is 2.80 bits per heavy atom. The average molecular weight is 403 g/mol. The highest BCUT2D eigenvalue weighted by atomic mass is 16.5. The van der Waals surface area contributed by atoms with Crippen molar-refractivity contribution in [2.45, 2.75) is 32.2 Å². The van der Waals surface area contributed by atoms with Crippen LogP contribution in [0.15, 0.2) is 39.0 Å². The molecule has 9 nitrogen and oxygen atoms in total. The molecule has 3 aliphatic rings. The second-order valence-corrected chi connectivity index (χ2v) is 8.48. The van der Waals surface area contributed by atoms with Crippen LogP contribution in [0.1, 0.15) is 41.6 Å². The van der Waals surface area contributed by atoms with Crippen molar-refractivity contribution in [1.29, 1.82) is 0 Å². The Bertz CT molecular complexity index is 1200. The fraction of sp³-hybridized carbons (Fsp3) is 0.429. The van der Waals surface area contributed by atoms with E-state index in [0.29, 0.717) is 35.0 Å². The molecule has 3 aromatic heterocycles. The first-order valence-corrected chi connectivity index (χ1v) is 10.2. The lowest BCUT2D eigenvalue weighted by molar-refractivity contribution is 0.363. The van der Waals surface area contributed by atoms with E-state index >= 15 is 0 Å². The molecule has 4 atom stereocenters. The highest BCUT2D eigenvalue weighted by Gasteiger charge is 2.58. The summed E-state index contributed by atoms with van der Waals surface area (Å²) in [6.07, 6.45) is 5.15. The smallest absolute Gasteiger partial charge is 0.259 e. The lowest BCUT2D eigenvalue weighted by Gasteiger charge is -2.20. The van der Waals surface area contributed by atoms with Gasteiger partial charge in [-0.15, -0.1) is 0 Å². The van der Waals surface area contributed by atoms with Gasteiger partial charge in [0.2, 0.25) is 5.89 Å². The molecule has 1 saturated heterocycles. The van der Waals surface area contributed by atoms with Crippen LogP contribution in [0.25, 0.3) is 0 Å². The Hall–Kier alpha value is -3.36. The Kier molecular flexibility index (Phi) is 3.68. The molecular weight excluding hydrogens is 382 g/mol. The lowest BCUT2D eigenvalue weighted by Crippen LogP contribution is -2.25. The topological polar surface area (TPSA) is 102 Å². The number of hydrogen-bond donors (Lipinski definition) is 0. The largest absolute Gasteiger partial charge is 0.356 e. The van der Waals surface area contributed by atoms with Gasteiger partial charge in [-0.3, -0.25) is 9.36 Å². The van der Waals surface area contributed by atoms with Gasteiger partial charge in [-0.25, -0.2) is 15.0 Å². The first-order valence-electron chi connectivity index (χ1n) is 10.2. The predicted octanol–water partition coefficient (Wildman–Crippen LogP) is 2.05. The normalized spacial score (nSPS) is 26.1. The van der Waals surface area contributed by atoms with Crippen LogP contribution in [0, 0.1) is 18.8 Å². The molecule has 6 rings (SSSR count). The summed E-state index contributed by atoms with van der Waals surface area (Å²) in [6, 6.07) is 4.17. The molecule has 0 N–H and O–H groups in total. The second-order valence-electron chi connectivity index (χ2n) is 8.48. The van der Waals surface area contributed by atoms with Gasteiger partial charge < -0.3 is 9.42 Å². The van der Waals surface area contributed by atoms with Crippen LogP contribution in [0.4, 0.5) is 11.6 Å². The van der Waals surface area contributed by atoms with E-state index in [1.165, 1.54) is 16.5 Å². The van der Waals surface area contributed by atoms with E-state index in [2.05, 4.69) is 42.1 Å². The Balaban J connectivity index is 1.14. The predicted molar refractivity (Wildman–Crippen MR) is 109 cm³/mol. The molecule has 152 valence electrons. The zero-order chi connectivity index (χ0) is 20.4. The SMILES string of the molecule is Cc1ccc(N2C[C@@H]3C(c4noc(Cn5cnc6c(c5=O)C(C)C=N6)n4)[C@@H]3C2)nc1. The molecule has 0 spiro atoms. The number of aryl methyl sites for hydroxylation is 1. The van der Waals surface area contributed by atoms with E-state index in [9.17, 15) is 4.79 Å². The van der Waals surface area contributed by atoms with Crippen molar-refractivity contribution < 1.29 is 4.52 Å². The molecule has 2 fully saturated rings. The zero-order valence-electron chi connectivity index (χ0n) is 16.8. The molecule has 0 radical (unpaired) electrons. The van der Waals surface area contributed by atoms with Crippen LogP contribution < -0.4 is 10.5 Å². The Morgan fingerprint density at radius 1 is 1.20 bits per heavy atom. The van der Waals surface area contributed by atoms with Crippen LogP contribution in [-0.4, -0.2) is 44.0 Å². The van der Waals surface area contributed by atoms with Crippen LogP contribution in [-0.2, 0) is 6.54 Å². The van der Waals surface area contributed by atoms with E-state index in [1.54, 1.807) is 6.21 Å². The lowest BCUT2D eigenvalue weighted by atomic mass is 10.1. The molecule has 5 heterocycles. The van der Waals surface area contributed by atoms with Gasteiger partial charge in [0, 0.05) is 37.3 Å². The monoisotopic (exact) mass is 403 g/mol. The third-order valence-electron chi connectivity index (χ3n) is 6.43. The summed E-state index contributed by atoms with van der Waals surface area (Å²) in [5.41, 5.74) is 1.69. The van der Waals surface area contributed by atoms with Crippen molar-refractivity contribution in [3.05, 3.63) is 57.9 Å². The highest BCUT2D eigenvalue weighted by Crippen LogP contribution is 2.57. The minimum atomic E-state index is -0.103. The van der Waals surface area contributed by atoms with Crippen molar-refractivity contribution in [3.8, 4) is 0 Å². The van der Waals surface area contributed by atoms with Crippen LogP contribution in [0.2, 0.25) is 0 Å². The van der Waals surface area contributed by atoms with Gasteiger partial charge >= 0.3 is 0 Å². The van der Waals surface area contributed by atoms with Crippen molar-refractivity contribution in [1.82, 2.24) is 24.7 Å².